The number of para-hydroxylation sites is 1. The molecule has 0 unspecified atom stereocenters. The van der Waals surface area contributed by atoms with Gasteiger partial charge < -0.3 is 15.4 Å². The van der Waals surface area contributed by atoms with Crippen LogP contribution >= 0.6 is 24.2 Å². The van der Waals surface area contributed by atoms with E-state index in [9.17, 15) is 9.59 Å². The molecule has 0 fully saturated rings. The number of carbonyl (C=O) groups is 2. The van der Waals surface area contributed by atoms with Crippen molar-refractivity contribution >= 4 is 41.9 Å². The van der Waals surface area contributed by atoms with Crippen molar-refractivity contribution in [3.05, 3.63) is 94.5 Å². The normalized spacial score (nSPS) is 12.5. The van der Waals surface area contributed by atoms with Crippen LogP contribution in [0.1, 0.15) is 47.5 Å². The number of hydrogen-bond donors (Lipinski definition) is 3. The molecule has 0 radical (unpaired) electrons. The highest BCUT2D eigenvalue weighted by Crippen LogP contribution is 2.22. The van der Waals surface area contributed by atoms with Crippen LogP contribution in [-0.2, 0) is 4.74 Å². The minimum absolute atomic E-state index is 0.232. The minimum atomic E-state index is -0.526. The summed E-state index contributed by atoms with van der Waals surface area (Å²) in [5, 5.41) is 6.27. The molecule has 0 aliphatic heterocycles. The van der Waals surface area contributed by atoms with Crippen LogP contribution in [0.5, 0.6) is 0 Å². The Morgan fingerprint density at radius 3 is 2.16 bits per heavy atom. The van der Waals surface area contributed by atoms with Crippen molar-refractivity contribution < 1.29 is 14.3 Å². The largest absolute Gasteiger partial charge is 0.442 e. The molecule has 0 aliphatic rings. The third-order valence-corrected chi connectivity index (χ3v) is 5.42. The number of ether oxygens (including phenoxy) is 1. The predicted octanol–water partition coefficient (Wildman–Crippen LogP) is 6.43. The molecular formula is C24H23ClN2O3S. The molecule has 0 spiro atoms. The molecule has 0 saturated heterocycles. The van der Waals surface area contributed by atoms with Gasteiger partial charge in [0.25, 0.3) is 5.91 Å². The van der Waals surface area contributed by atoms with E-state index in [1.165, 1.54) is 0 Å². The first-order chi connectivity index (χ1) is 14.8. The molecule has 2 N–H and O–H groups in total. The van der Waals surface area contributed by atoms with E-state index in [-0.39, 0.29) is 11.9 Å². The number of benzene rings is 3. The molecule has 3 aromatic carbocycles. The maximum atomic E-state index is 12.5. The topological polar surface area (TPSA) is 67.4 Å². The van der Waals surface area contributed by atoms with Crippen molar-refractivity contribution in [2.45, 2.75) is 30.9 Å². The highest BCUT2D eigenvalue weighted by molar-refractivity contribution is 7.80. The van der Waals surface area contributed by atoms with Gasteiger partial charge in [-0.05, 0) is 61.4 Å². The second-order valence-corrected chi connectivity index (χ2v) is 7.98. The summed E-state index contributed by atoms with van der Waals surface area (Å²) >= 11 is 10.2. The summed E-state index contributed by atoms with van der Waals surface area (Å²) in [5.41, 5.74) is 2.85. The van der Waals surface area contributed by atoms with Crippen LogP contribution in [0.4, 0.5) is 10.5 Å². The predicted molar refractivity (Wildman–Crippen MR) is 126 cm³/mol. The molecule has 0 bridgehead atoms. The van der Waals surface area contributed by atoms with E-state index >= 15 is 0 Å². The van der Waals surface area contributed by atoms with Crippen molar-refractivity contribution in [1.29, 1.82) is 0 Å². The number of thiol groups is 1. The summed E-state index contributed by atoms with van der Waals surface area (Å²) in [7, 11) is 0. The first-order valence-electron chi connectivity index (χ1n) is 9.75. The van der Waals surface area contributed by atoms with Crippen LogP contribution < -0.4 is 10.6 Å². The van der Waals surface area contributed by atoms with Crippen LogP contribution in [-0.4, -0.2) is 12.0 Å². The van der Waals surface area contributed by atoms with Gasteiger partial charge in [-0.3, -0.25) is 4.79 Å². The van der Waals surface area contributed by atoms with Gasteiger partial charge in [0.2, 0.25) is 0 Å². The Kier molecular flexibility index (Phi) is 7.60. The summed E-state index contributed by atoms with van der Waals surface area (Å²) in [5.74, 6) is -0.232. The van der Waals surface area contributed by atoms with Gasteiger partial charge >= 0.3 is 6.09 Å². The Labute approximate surface area is 192 Å². The summed E-state index contributed by atoms with van der Waals surface area (Å²) in [6, 6.07) is 21.2. The highest BCUT2D eigenvalue weighted by atomic mass is 35.5. The van der Waals surface area contributed by atoms with E-state index in [2.05, 4.69) is 23.3 Å². The summed E-state index contributed by atoms with van der Waals surface area (Å²) in [6.07, 6.45) is -0.938. The van der Waals surface area contributed by atoms with Gasteiger partial charge in [0.15, 0.2) is 0 Å². The number of nitrogens with one attached hydrogen (secondary N) is 2. The standard InChI is InChI=1S/C24H23ClN2O3S/c1-15(26-24(29)30-16(2)18-11-13-20(25)14-12-18)17-7-9-19(10-8-17)23(28)27-21-5-3-4-6-22(21)31/h3-16,31H,1-2H3,(H,26,29)(H,27,28)/t15-,16+/m1/s1. The van der Waals surface area contributed by atoms with Gasteiger partial charge in [0, 0.05) is 15.5 Å². The number of alkyl carbamates (subject to hydrolysis) is 1. The molecule has 2 amide bonds. The number of hydrogen-bond acceptors (Lipinski definition) is 4. The fourth-order valence-electron chi connectivity index (χ4n) is 2.95. The van der Waals surface area contributed by atoms with E-state index in [0.29, 0.717) is 21.2 Å². The molecule has 3 rings (SSSR count). The highest BCUT2D eigenvalue weighted by Gasteiger charge is 2.16. The van der Waals surface area contributed by atoms with Crippen molar-refractivity contribution in [3.8, 4) is 0 Å². The fraction of sp³-hybridized carbons (Fsp3) is 0.167. The van der Waals surface area contributed by atoms with Gasteiger partial charge in [0.05, 0.1) is 11.7 Å². The van der Waals surface area contributed by atoms with E-state index in [4.69, 9.17) is 16.3 Å². The van der Waals surface area contributed by atoms with Gasteiger partial charge in [-0.1, -0.05) is 48.0 Å². The Balaban J connectivity index is 1.56. The second kappa shape index (κ2) is 10.4. The number of rotatable bonds is 6. The fourth-order valence-corrected chi connectivity index (χ4v) is 3.30. The summed E-state index contributed by atoms with van der Waals surface area (Å²) in [4.78, 5) is 25.4. The zero-order valence-electron chi connectivity index (χ0n) is 17.1. The molecular weight excluding hydrogens is 432 g/mol. The smallest absolute Gasteiger partial charge is 0.408 e. The molecule has 2 atom stereocenters. The van der Waals surface area contributed by atoms with Crippen LogP contribution in [0.3, 0.4) is 0 Å². The zero-order valence-corrected chi connectivity index (χ0v) is 18.8. The quantitative estimate of drug-likeness (QED) is 0.376. The maximum absolute atomic E-state index is 12.5. The average Bonchev–Trinajstić information content (AvgIpc) is 2.75. The van der Waals surface area contributed by atoms with E-state index in [0.717, 1.165) is 11.1 Å². The first-order valence-corrected chi connectivity index (χ1v) is 10.6. The Hall–Kier alpha value is -2.96. The van der Waals surface area contributed by atoms with Crippen LogP contribution in [0.2, 0.25) is 5.02 Å². The average molecular weight is 455 g/mol. The Bertz CT molecular complexity index is 1060. The lowest BCUT2D eigenvalue weighted by molar-refractivity contribution is 0.102. The van der Waals surface area contributed by atoms with E-state index < -0.39 is 12.2 Å². The summed E-state index contributed by atoms with van der Waals surface area (Å²) < 4.78 is 5.44. The molecule has 0 aliphatic carbocycles. The van der Waals surface area contributed by atoms with E-state index in [1.54, 1.807) is 49.4 Å². The number of carbonyl (C=O) groups excluding carboxylic acids is 2. The molecule has 160 valence electrons. The van der Waals surface area contributed by atoms with Gasteiger partial charge in [0.1, 0.15) is 6.10 Å². The lowest BCUT2D eigenvalue weighted by atomic mass is 10.1. The van der Waals surface area contributed by atoms with Crippen molar-refractivity contribution in [2.24, 2.45) is 0 Å². The Morgan fingerprint density at radius 1 is 0.903 bits per heavy atom. The van der Waals surface area contributed by atoms with Gasteiger partial charge in [-0.15, -0.1) is 12.6 Å². The molecule has 3 aromatic rings. The molecule has 0 aromatic heterocycles. The van der Waals surface area contributed by atoms with Crippen molar-refractivity contribution in [1.82, 2.24) is 5.32 Å². The van der Waals surface area contributed by atoms with Crippen molar-refractivity contribution in [3.63, 3.8) is 0 Å². The lowest BCUT2D eigenvalue weighted by Gasteiger charge is -2.18. The lowest BCUT2D eigenvalue weighted by Crippen LogP contribution is -2.28. The SMILES string of the molecule is C[C@H](OC(=O)N[C@H](C)c1ccc(C(=O)Nc2ccccc2S)cc1)c1ccc(Cl)cc1. The van der Waals surface area contributed by atoms with Gasteiger partial charge in [-0.2, -0.15) is 0 Å². The Morgan fingerprint density at radius 2 is 1.52 bits per heavy atom. The monoisotopic (exact) mass is 454 g/mol. The zero-order chi connectivity index (χ0) is 22.4. The molecule has 5 nitrogen and oxygen atoms in total. The number of amides is 2. The molecule has 0 saturated carbocycles. The third-order valence-electron chi connectivity index (χ3n) is 4.78. The van der Waals surface area contributed by atoms with E-state index in [1.807, 2.05) is 37.3 Å². The number of halogens is 1. The molecule has 0 heterocycles. The molecule has 31 heavy (non-hydrogen) atoms. The minimum Gasteiger partial charge on any atom is -0.442 e. The van der Waals surface area contributed by atoms with Crippen LogP contribution in [0.25, 0.3) is 0 Å². The maximum Gasteiger partial charge on any atom is 0.408 e. The summed E-state index contributed by atoms with van der Waals surface area (Å²) in [6.45, 7) is 3.64. The second-order valence-electron chi connectivity index (χ2n) is 7.06. The first kappa shape index (κ1) is 22.7. The third kappa shape index (κ3) is 6.26. The van der Waals surface area contributed by atoms with Crippen LogP contribution in [0.15, 0.2) is 77.7 Å². The van der Waals surface area contributed by atoms with Crippen LogP contribution in [0, 0.1) is 0 Å². The number of anilines is 1. The molecule has 7 heteroatoms. The van der Waals surface area contributed by atoms with Crippen molar-refractivity contribution in [2.75, 3.05) is 5.32 Å². The van der Waals surface area contributed by atoms with Gasteiger partial charge in [-0.25, -0.2) is 4.79 Å².